The highest BCUT2D eigenvalue weighted by Gasteiger charge is 2.35. The average Bonchev–Trinajstić information content (AvgIpc) is 3.65. The van der Waals surface area contributed by atoms with Crippen LogP contribution < -0.4 is 9.46 Å². The van der Waals surface area contributed by atoms with Gasteiger partial charge in [-0.25, -0.2) is 8.42 Å². The zero-order valence-corrected chi connectivity index (χ0v) is 18.8. The first kappa shape index (κ1) is 21.7. The Morgan fingerprint density at radius 3 is 2.42 bits per heavy atom. The van der Waals surface area contributed by atoms with Crippen LogP contribution in [0.5, 0.6) is 5.75 Å². The van der Waals surface area contributed by atoms with E-state index in [2.05, 4.69) is 10.8 Å². The second-order valence-electron chi connectivity index (χ2n) is 8.90. The van der Waals surface area contributed by atoms with Gasteiger partial charge in [0.2, 0.25) is 10.0 Å². The van der Waals surface area contributed by atoms with E-state index in [9.17, 15) is 22.5 Å². The molecule has 2 aromatic carbocycles. The predicted octanol–water partition coefficient (Wildman–Crippen LogP) is 5.49. The van der Waals surface area contributed by atoms with E-state index in [1.54, 1.807) is 36.4 Å². The van der Waals surface area contributed by atoms with Gasteiger partial charge >= 0.3 is 6.11 Å². The maximum Gasteiger partial charge on any atom is 0.394 e. The fourth-order valence-electron chi connectivity index (χ4n) is 4.08. The lowest BCUT2D eigenvalue weighted by molar-refractivity contribution is -0.158. The molecule has 0 bridgehead atoms. The number of ether oxygens (including phenoxy) is 1. The standard InChI is InChI=1S/C24H23F2N3O3S/c1-24(25,26)32-18-8-11-20-21(13-27)23(29(22(20)12-18)14-15-2-3-15)16-4-6-17(7-5-16)28-33(30,31)19-9-10-19/h4-8,11-12,15,19,28H,2-3,9-10,14H2,1H3. The summed E-state index contributed by atoms with van der Waals surface area (Å²) in [6.07, 6.45) is 0.191. The van der Waals surface area contributed by atoms with Gasteiger partial charge < -0.3 is 9.30 Å². The molecule has 5 rings (SSSR count). The van der Waals surface area contributed by atoms with Crippen LogP contribution >= 0.6 is 0 Å². The van der Waals surface area contributed by atoms with E-state index in [1.807, 2.05) is 4.57 Å². The second kappa shape index (κ2) is 7.73. The van der Waals surface area contributed by atoms with E-state index in [4.69, 9.17) is 4.74 Å². The number of fused-ring (bicyclic) bond motifs is 1. The number of sulfonamides is 1. The molecule has 1 heterocycles. The van der Waals surface area contributed by atoms with Gasteiger partial charge in [-0.1, -0.05) is 12.1 Å². The third-order valence-electron chi connectivity index (χ3n) is 5.96. The molecule has 2 aliphatic rings. The summed E-state index contributed by atoms with van der Waals surface area (Å²) in [5.74, 6) is 0.498. The van der Waals surface area contributed by atoms with E-state index in [-0.39, 0.29) is 11.0 Å². The van der Waals surface area contributed by atoms with Crippen LogP contribution in [0.15, 0.2) is 42.5 Å². The van der Waals surface area contributed by atoms with Crippen LogP contribution in [0.4, 0.5) is 14.5 Å². The first-order valence-corrected chi connectivity index (χ1v) is 12.4. The van der Waals surface area contributed by atoms with Gasteiger partial charge in [0.25, 0.3) is 0 Å². The molecule has 33 heavy (non-hydrogen) atoms. The SMILES string of the molecule is CC(F)(F)Oc1ccc2c(C#N)c(-c3ccc(NS(=O)(=O)C4CC4)cc3)n(CC3CC3)c2c1. The maximum absolute atomic E-state index is 13.4. The van der Waals surface area contributed by atoms with Crippen LogP contribution in [-0.4, -0.2) is 24.3 Å². The van der Waals surface area contributed by atoms with E-state index < -0.39 is 16.1 Å². The van der Waals surface area contributed by atoms with Gasteiger partial charge in [0, 0.05) is 30.6 Å². The number of nitrogens with one attached hydrogen (secondary N) is 1. The number of hydrogen-bond donors (Lipinski definition) is 1. The Hall–Kier alpha value is -3.12. The van der Waals surface area contributed by atoms with Gasteiger partial charge in [0.05, 0.1) is 22.0 Å². The maximum atomic E-state index is 13.4. The molecule has 3 aromatic rings. The van der Waals surface area contributed by atoms with Gasteiger partial charge in [-0.3, -0.25) is 4.72 Å². The molecule has 1 N–H and O–H groups in total. The Balaban J connectivity index is 1.58. The van der Waals surface area contributed by atoms with Gasteiger partial charge in [-0.05, 0) is 61.4 Å². The minimum Gasteiger partial charge on any atom is -0.433 e. The fraction of sp³-hybridized carbons (Fsp3) is 0.375. The third kappa shape index (κ3) is 4.53. The summed E-state index contributed by atoms with van der Waals surface area (Å²) in [6.45, 7) is 1.35. The van der Waals surface area contributed by atoms with Crippen molar-refractivity contribution in [2.45, 2.75) is 50.5 Å². The molecule has 0 saturated heterocycles. The molecule has 2 aliphatic carbocycles. The van der Waals surface area contributed by atoms with Crippen LogP contribution in [0.1, 0.15) is 38.2 Å². The lowest BCUT2D eigenvalue weighted by Crippen LogP contribution is -2.19. The average molecular weight is 472 g/mol. The lowest BCUT2D eigenvalue weighted by Gasteiger charge is -2.14. The number of nitriles is 1. The zero-order valence-electron chi connectivity index (χ0n) is 18.0. The van der Waals surface area contributed by atoms with Crippen LogP contribution in [0, 0.1) is 17.2 Å². The molecule has 2 fully saturated rings. The molecule has 1 aromatic heterocycles. The van der Waals surface area contributed by atoms with Crippen molar-refractivity contribution in [1.82, 2.24) is 4.57 Å². The van der Waals surface area contributed by atoms with Crippen LogP contribution in [0.2, 0.25) is 0 Å². The van der Waals surface area contributed by atoms with E-state index >= 15 is 0 Å². The van der Waals surface area contributed by atoms with Crippen LogP contribution in [0.3, 0.4) is 0 Å². The first-order valence-electron chi connectivity index (χ1n) is 10.9. The number of benzene rings is 2. The molecule has 0 radical (unpaired) electrons. The number of rotatable bonds is 8. The van der Waals surface area contributed by atoms with Crippen molar-refractivity contribution in [2.24, 2.45) is 5.92 Å². The summed E-state index contributed by atoms with van der Waals surface area (Å²) in [7, 11) is -3.37. The minimum absolute atomic E-state index is 0.0328. The highest BCUT2D eigenvalue weighted by molar-refractivity contribution is 7.93. The normalized spacial score (nSPS) is 16.5. The molecule has 0 atom stereocenters. The summed E-state index contributed by atoms with van der Waals surface area (Å²) in [5.41, 5.74) is 3.02. The van der Waals surface area contributed by atoms with Gasteiger partial charge in [-0.15, -0.1) is 0 Å². The van der Waals surface area contributed by atoms with E-state index in [0.717, 1.165) is 18.4 Å². The van der Waals surface area contributed by atoms with Crippen molar-refractivity contribution in [3.63, 3.8) is 0 Å². The molecule has 0 aliphatic heterocycles. The zero-order chi connectivity index (χ0) is 23.4. The number of aromatic nitrogens is 1. The van der Waals surface area contributed by atoms with E-state index in [0.29, 0.717) is 60.1 Å². The molecular weight excluding hydrogens is 448 g/mol. The van der Waals surface area contributed by atoms with Crippen molar-refractivity contribution in [3.8, 4) is 23.1 Å². The van der Waals surface area contributed by atoms with Crippen molar-refractivity contribution in [3.05, 3.63) is 48.0 Å². The topological polar surface area (TPSA) is 84.1 Å². The minimum atomic E-state index is -3.37. The summed E-state index contributed by atoms with van der Waals surface area (Å²) < 4.78 is 60.7. The second-order valence-corrected chi connectivity index (χ2v) is 10.9. The lowest BCUT2D eigenvalue weighted by atomic mass is 10.1. The fourth-order valence-corrected chi connectivity index (χ4v) is 5.47. The van der Waals surface area contributed by atoms with E-state index in [1.165, 1.54) is 6.07 Å². The Bertz CT molecular complexity index is 1360. The highest BCUT2D eigenvalue weighted by Crippen LogP contribution is 2.40. The van der Waals surface area contributed by atoms with Crippen LogP contribution in [-0.2, 0) is 16.6 Å². The summed E-state index contributed by atoms with van der Waals surface area (Å²) in [5, 5.41) is 10.3. The summed E-state index contributed by atoms with van der Waals surface area (Å²) >= 11 is 0. The van der Waals surface area contributed by atoms with Gasteiger partial charge in [0.15, 0.2) is 0 Å². The first-order chi connectivity index (χ1) is 15.6. The number of halogens is 2. The summed E-state index contributed by atoms with van der Waals surface area (Å²) in [4.78, 5) is 0. The Kier molecular flexibility index (Phi) is 5.09. The van der Waals surface area contributed by atoms with Crippen molar-refractivity contribution < 1.29 is 21.9 Å². The quantitative estimate of drug-likeness (QED) is 0.471. The number of anilines is 1. The smallest absolute Gasteiger partial charge is 0.394 e. The van der Waals surface area contributed by atoms with Gasteiger partial charge in [-0.2, -0.15) is 14.0 Å². The molecule has 9 heteroatoms. The largest absolute Gasteiger partial charge is 0.433 e. The molecular formula is C24H23F2N3O3S. The summed E-state index contributed by atoms with van der Waals surface area (Å²) in [6, 6.07) is 13.8. The number of nitrogens with zero attached hydrogens (tertiary/aromatic N) is 2. The molecule has 0 amide bonds. The van der Waals surface area contributed by atoms with Crippen molar-refractivity contribution in [1.29, 1.82) is 5.26 Å². The highest BCUT2D eigenvalue weighted by atomic mass is 32.2. The molecule has 2 saturated carbocycles. The van der Waals surface area contributed by atoms with Crippen molar-refractivity contribution in [2.75, 3.05) is 4.72 Å². The van der Waals surface area contributed by atoms with Crippen LogP contribution in [0.25, 0.3) is 22.2 Å². The number of alkyl halides is 2. The number of hydrogen-bond acceptors (Lipinski definition) is 4. The molecule has 172 valence electrons. The molecule has 0 unspecified atom stereocenters. The Morgan fingerprint density at radius 2 is 1.85 bits per heavy atom. The Morgan fingerprint density at radius 1 is 1.15 bits per heavy atom. The molecule has 0 spiro atoms. The Labute approximate surface area is 190 Å². The predicted molar refractivity (Wildman–Crippen MR) is 122 cm³/mol. The van der Waals surface area contributed by atoms with Crippen molar-refractivity contribution >= 4 is 26.6 Å². The third-order valence-corrected chi connectivity index (χ3v) is 7.83. The monoisotopic (exact) mass is 471 g/mol. The van der Waals surface area contributed by atoms with Gasteiger partial charge in [0.1, 0.15) is 11.8 Å². The molecule has 6 nitrogen and oxygen atoms in total.